The van der Waals surface area contributed by atoms with E-state index in [4.69, 9.17) is 5.73 Å². The Morgan fingerprint density at radius 2 is 2.33 bits per heavy atom. The minimum atomic E-state index is 0.0710. The quantitative estimate of drug-likeness (QED) is 0.764. The summed E-state index contributed by atoms with van der Waals surface area (Å²) in [5.41, 5.74) is 5.90. The van der Waals surface area contributed by atoms with Crippen LogP contribution < -0.4 is 5.73 Å². The molecule has 0 aromatic heterocycles. The van der Waals surface area contributed by atoms with E-state index in [0.29, 0.717) is 18.4 Å². The second-order valence-corrected chi connectivity index (χ2v) is 5.13. The van der Waals surface area contributed by atoms with E-state index < -0.39 is 0 Å². The van der Waals surface area contributed by atoms with Gasteiger partial charge in [-0.2, -0.15) is 0 Å². The number of piperidine rings is 1. The fraction of sp³-hybridized carbons (Fsp3) is 0.917. The maximum absolute atomic E-state index is 12.0. The molecule has 0 aromatic rings. The van der Waals surface area contributed by atoms with E-state index in [1.807, 2.05) is 0 Å². The van der Waals surface area contributed by atoms with E-state index in [1.165, 1.54) is 19.3 Å². The third-order valence-electron chi connectivity index (χ3n) is 3.83. The van der Waals surface area contributed by atoms with Gasteiger partial charge < -0.3 is 10.6 Å². The van der Waals surface area contributed by atoms with Gasteiger partial charge in [0.15, 0.2) is 0 Å². The van der Waals surface area contributed by atoms with E-state index >= 15 is 0 Å². The first-order valence-electron chi connectivity index (χ1n) is 6.25. The highest BCUT2D eigenvalue weighted by molar-refractivity contribution is 5.77. The second kappa shape index (κ2) is 4.52. The van der Waals surface area contributed by atoms with Crippen LogP contribution in [0.15, 0.2) is 0 Å². The number of carbonyl (C=O) groups is 1. The van der Waals surface area contributed by atoms with Crippen molar-refractivity contribution in [3.05, 3.63) is 0 Å². The van der Waals surface area contributed by atoms with Gasteiger partial charge in [0.1, 0.15) is 0 Å². The summed E-state index contributed by atoms with van der Waals surface area (Å²) in [5, 5.41) is 0. The number of rotatable bonds is 4. The van der Waals surface area contributed by atoms with Gasteiger partial charge in [0, 0.05) is 25.0 Å². The van der Waals surface area contributed by atoms with Crippen molar-refractivity contribution in [3.63, 3.8) is 0 Å². The number of hydrogen-bond acceptors (Lipinski definition) is 2. The summed E-state index contributed by atoms with van der Waals surface area (Å²) >= 11 is 0. The van der Waals surface area contributed by atoms with Crippen molar-refractivity contribution in [2.24, 2.45) is 11.7 Å². The Labute approximate surface area is 92.0 Å². The van der Waals surface area contributed by atoms with E-state index in [-0.39, 0.29) is 6.04 Å². The van der Waals surface area contributed by atoms with E-state index in [0.717, 1.165) is 25.3 Å². The van der Waals surface area contributed by atoms with Gasteiger partial charge in [0.25, 0.3) is 0 Å². The first kappa shape index (κ1) is 10.9. The molecular weight excluding hydrogens is 188 g/mol. The molecule has 3 nitrogen and oxygen atoms in total. The van der Waals surface area contributed by atoms with Crippen LogP contribution in [0.5, 0.6) is 0 Å². The maximum atomic E-state index is 12.0. The van der Waals surface area contributed by atoms with Crippen molar-refractivity contribution in [1.82, 2.24) is 4.90 Å². The van der Waals surface area contributed by atoms with Gasteiger partial charge in [-0.05, 0) is 31.6 Å². The zero-order chi connectivity index (χ0) is 10.8. The highest BCUT2D eigenvalue weighted by Crippen LogP contribution is 2.37. The van der Waals surface area contributed by atoms with Crippen LogP contribution >= 0.6 is 0 Å². The minimum Gasteiger partial charge on any atom is -0.339 e. The molecule has 0 spiro atoms. The van der Waals surface area contributed by atoms with E-state index in [1.54, 1.807) is 0 Å². The van der Waals surface area contributed by atoms with Gasteiger partial charge in [-0.3, -0.25) is 4.79 Å². The number of amides is 1. The summed E-state index contributed by atoms with van der Waals surface area (Å²) in [5.74, 6) is 1.09. The molecule has 1 saturated heterocycles. The van der Waals surface area contributed by atoms with Crippen molar-refractivity contribution in [2.75, 3.05) is 6.54 Å². The zero-order valence-corrected chi connectivity index (χ0v) is 9.61. The molecule has 1 aliphatic heterocycles. The Hall–Kier alpha value is -0.570. The molecule has 1 heterocycles. The SMILES string of the molecule is CCCC(N)CC(=O)N1CC2CCC1C2. The Bertz CT molecular complexity index is 242. The van der Waals surface area contributed by atoms with Crippen LogP contribution in [0.2, 0.25) is 0 Å². The van der Waals surface area contributed by atoms with Gasteiger partial charge >= 0.3 is 0 Å². The molecule has 0 aromatic carbocycles. The summed E-state index contributed by atoms with van der Waals surface area (Å²) in [7, 11) is 0. The summed E-state index contributed by atoms with van der Waals surface area (Å²) in [6.07, 6.45) is 6.38. The van der Waals surface area contributed by atoms with Gasteiger partial charge in [-0.1, -0.05) is 13.3 Å². The molecule has 0 radical (unpaired) electrons. The van der Waals surface area contributed by atoms with Gasteiger partial charge in [0.2, 0.25) is 5.91 Å². The van der Waals surface area contributed by atoms with E-state index in [9.17, 15) is 4.79 Å². The average Bonchev–Trinajstić information content (AvgIpc) is 2.78. The predicted molar refractivity (Wildman–Crippen MR) is 60.3 cm³/mol. The van der Waals surface area contributed by atoms with Crippen LogP contribution in [0, 0.1) is 5.92 Å². The summed E-state index contributed by atoms with van der Waals surface area (Å²) in [6, 6.07) is 0.623. The van der Waals surface area contributed by atoms with Crippen molar-refractivity contribution >= 4 is 5.91 Å². The molecule has 3 unspecified atom stereocenters. The van der Waals surface area contributed by atoms with Gasteiger partial charge in [0.05, 0.1) is 0 Å². The molecule has 3 heteroatoms. The number of fused-ring (bicyclic) bond motifs is 2. The number of hydrogen-bond donors (Lipinski definition) is 1. The standard InChI is InChI=1S/C12H22N2O/c1-2-3-10(13)7-12(15)14-8-9-4-5-11(14)6-9/h9-11H,2-8,13H2,1H3. The third-order valence-corrected chi connectivity index (χ3v) is 3.83. The Balaban J connectivity index is 1.81. The minimum absolute atomic E-state index is 0.0710. The zero-order valence-electron chi connectivity index (χ0n) is 9.61. The third kappa shape index (κ3) is 2.33. The van der Waals surface area contributed by atoms with Crippen molar-refractivity contribution < 1.29 is 4.79 Å². The molecule has 15 heavy (non-hydrogen) atoms. The second-order valence-electron chi connectivity index (χ2n) is 5.13. The highest BCUT2D eigenvalue weighted by atomic mass is 16.2. The Morgan fingerprint density at radius 1 is 1.53 bits per heavy atom. The molecule has 86 valence electrons. The molecule has 3 atom stereocenters. The lowest BCUT2D eigenvalue weighted by atomic mass is 10.1. The normalized spacial score (nSPS) is 30.9. The first-order valence-corrected chi connectivity index (χ1v) is 6.25. The molecule has 1 amide bonds. The average molecular weight is 210 g/mol. The molecule has 1 saturated carbocycles. The topological polar surface area (TPSA) is 46.3 Å². The molecule has 2 rings (SSSR count). The molecule has 2 aliphatic rings. The van der Waals surface area contributed by atoms with Gasteiger partial charge in [-0.15, -0.1) is 0 Å². The van der Waals surface area contributed by atoms with Crippen molar-refractivity contribution in [3.8, 4) is 0 Å². The predicted octanol–water partition coefficient (Wildman–Crippen LogP) is 1.51. The first-order chi connectivity index (χ1) is 7.20. The van der Waals surface area contributed by atoms with Crippen molar-refractivity contribution in [1.29, 1.82) is 0 Å². The maximum Gasteiger partial charge on any atom is 0.224 e. The fourth-order valence-electron chi connectivity index (χ4n) is 3.04. The smallest absolute Gasteiger partial charge is 0.224 e. The van der Waals surface area contributed by atoms with Crippen LogP contribution in [-0.2, 0) is 4.79 Å². The molecular formula is C12H22N2O. The molecule has 2 bridgehead atoms. The Morgan fingerprint density at radius 3 is 2.87 bits per heavy atom. The lowest BCUT2D eigenvalue weighted by molar-refractivity contribution is -0.133. The molecule has 2 fully saturated rings. The number of nitrogens with zero attached hydrogens (tertiary/aromatic N) is 1. The number of nitrogens with two attached hydrogens (primary N) is 1. The summed E-state index contributed by atoms with van der Waals surface area (Å²) < 4.78 is 0. The molecule has 1 aliphatic carbocycles. The lowest BCUT2D eigenvalue weighted by Gasteiger charge is -2.28. The van der Waals surface area contributed by atoms with Crippen LogP contribution in [0.4, 0.5) is 0 Å². The largest absolute Gasteiger partial charge is 0.339 e. The van der Waals surface area contributed by atoms with Gasteiger partial charge in [-0.25, -0.2) is 0 Å². The highest BCUT2D eigenvalue weighted by Gasteiger charge is 2.40. The number of carbonyl (C=O) groups excluding carboxylic acids is 1. The summed E-state index contributed by atoms with van der Waals surface area (Å²) in [6.45, 7) is 3.12. The Kier molecular flexibility index (Phi) is 3.29. The lowest BCUT2D eigenvalue weighted by Crippen LogP contribution is -2.40. The van der Waals surface area contributed by atoms with Crippen LogP contribution in [0.25, 0.3) is 0 Å². The monoisotopic (exact) mass is 210 g/mol. The van der Waals surface area contributed by atoms with Crippen molar-refractivity contribution in [2.45, 2.75) is 57.5 Å². The van der Waals surface area contributed by atoms with E-state index in [2.05, 4.69) is 11.8 Å². The molecule has 2 N–H and O–H groups in total. The van der Waals surface area contributed by atoms with Crippen LogP contribution in [-0.4, -0.2) is 29.4 Å². The fourth-order valence-corrected chi connectivity index (χ4v) is 3.04. The van der Waals surface area contributed by atoms with Crippen LogP contribution in [0.3, 0.4) is 0 Å². The van der Waals surface area contributed by atoms with Crippen LogP contribution in [0.1, 0.15) is 45.4 Å². The number of likely N-dealkylation sites (tertiary alicyclic amines) is 1. The summed E-state index contributed by atoms with van der Waals surface area (Å²) in [4.78, 5) is 14.1.